The highest BCUT2D eigenvalue weighted by Crippen LogP contribution is 2.24. The number of anilines is 1. The number of benzene rings is 3. The largest absolute Gasteiger partial charge is 0.422 e. The van der Waals surface area contributed by atoms with Gasteiger partial charge >= 0.3 is 5.95 Å². The predicted octanol–water partition coefficient (Wildman–Crippen LogP) is 5.26. The quantitative estimate of drug-likeness (QED) is 0.149. The Balaban J connectivity index is 1.17. The molecule has 4 aromatic rings. The molecule has 0 atom stereocenters. The van der Waals surface area contributed by atoms with Gasteiger partial charge in [0.25, 0.3) is 0 Å². The Bertz CT molecular complexity index is 1320. The minimum absolute atomic E-state index is 0.749. The summed E-state index contributed by atoms with van der Waals surface area (Å²) in [4.78, 5) is 5.13. The van der Waals surface area contributed by atoms with Crippen LogP contribution in [0.25, 0.3) is 0 Å². The second kappa shape index (κ2) is 12.1. The lowest BCUT2D eigenvalue weighted by molar-refractivity contribution is -0.939. The molecule has 2 bridgehead atoms. The van der Waals surface area contributed by atoms with Crippen LogP contribution in [0.1, 0.15) is 18.1 Å². The topological polar surface area (TPSA) is 40.0 Å². The van der Waals surface area contributed by atoms with Crippen molar-refractivity contribution in [3.63, 3.8) is 0 Å². The van der Waals surface area contributed by atoms with Crippen LogP contribution in [0.3, 0.4) is 0 Å². The fourth-order valence-electron chi connectivity index (χ4n) is 6.08. The molecule has 3 aromatic carbocycles. The first-order chi connectivity index (χ1) is 19.7. The van der Waals surface area contributed by atoms with Crippen molar-refractivity contribution < 1.29 is 9.05 Å². The van der Waals surface area contributed by atoms with Gasteiger partial charge in [-0.05, 0) is 42.3 Å². The van der Waals surface area contributed by atoms with Gasteiger partial charge < -0.3 is 9.38 Å². The van der Waals surface area contributed by atoms with Crippen LogP contribution in [0.5, 0.6) is 0 Å². The lowest BCUT2D eigenvalue weighted by Crippen LogP contribution is -2.68. The number of fused-ring (bicyclic) bond motifs is 3. The van der Waals surface area contributed by atoms with Crippen LogP contribution in [0.15, 0.2) is 108 Å². The van der Waals surface area contributed by atoms with E-state index in [9.17, 15) is 0 Å². The highest BCUT2D eigenvalue weighted by atomic mass is 15.5. The number of nitrogens with zero attached hydrogens (tertiary/aromatic N) is 7. The normalized spacial score (nSPS) is 20.3. The number of likely N-dealkylation sites (N-methyl/N-ethyl adjacent to an activating group) is 1. The molecule has 0 N–H and O–H groups in total. The minimum atomic E-state index is 0.749. The van der Waals surface area contributed by atoms with E-state index in [0.717, 1.165) is 37.8 Å². The van der Waals surface area contributed by atoms with Crippen LogP contribution in [0.4, 0.5) is 17.3 Å². The smallest absolute Gasteiger partial charge is 0.366 e. The monoisotopic (exact) mass is 535 g/mol. The second-order valence-electron chi connectivity index (χ2n) is 11.2. The molecule has 40 heavy (non-hydrogen) atoms. The predicted molar refractivity (Wildman–Crippen MR) is 160 cm³/mol. The Morgan fingerprint density at radius 3 is 2.10 bits per heavy atom. The molecule has 3 aliphatic rings. The summed E-state index contributed by atoms with van der Waals surface area (Å²) in [5, 5.41) is 9.46. The highest BCUT2D eigenvalue weighted by Gasteiger charge is 2.38. The highest BCUT2D eigenvalue weighted by molar-refractivity contribution is 5.52. The summed E-state index contributed by atoms with van der Waals surface area (Å²) in [7, 11) is 0. The van der Waals surface area contributed by atoms with Crippen molar-refractivity contribution in [2.24, 2.45) is 10.2 Å². The number of quaternary nitrogens is 1. The molecule has 0 radical (unpaired) electrons. The van der Waals surface area contributed by atoms with Crippen molar-refractivity contribution in [1.29, 1.82) is 0 Å². The van der Waals surface area contributed by atoms with Crippen LogP contribution in [-0.2, 0) is 13.1 Å². The van der Waals surface area contributed by atoms with E-state index in [-0.39, 0.29) is 0 Å². The second-order valence-corrected chi connectivity index (χ2v) is 11.2. The van der Waals surface area contributed by atoms with E-state index in [4.69, 9.17) is 5.11 Å². The number of imidazole rings is 1. The maximum atomic E-state index is 4.78. The first-order valence-corrected chi connectivity index (χ1v) is 14.7. The molecule has 0 aliphatic carbocycles. The van der Waals surface area contributed by atoms with Gasteiger partial charge in [-0.15, -0.1) is 0 Å². The number of hydrogen-bond donors (Lipinski definition) is 0. The number of rotatable bonds is 11. The SMILES string of the molecule is CCN(CC[N+]12CCN(CC1)CC2)c1ccc(N=Nc2n(Cc3ccccc3)cc[n+]2Cc2ccccc2)cc1. The summed E-state index contributed by atoms with van der Waals surface area (Å²) in [6, 6.07) is 29.6. The number of aromatic nitrogens is 2. The van der Waals surface area contributed by atoms with Crippen LogP contribution in [-0.4, -0.2) is 72.9 Å². The standard InChI is InChI=1S/C33H41N7/c1-2-37(22-26-40-23-19-36(20-24-40)21-25-40)32-15-13-31(14-16-32)34-35-33-38(27-29-9-5-3-6-10-29)17-18-39(33)28-30-11-7-4-8-12-30/h3-18H,2,19-28H2,1H3/q+2. The molecule has 3 aliphatic heterocycles. The zero-order valence-corrected chi connectivity index (χ0v) is 23.6. The van der Waals surface area contributed by atoms with Gasteiger partial charge in [0.05, 0.1) is 58.2 Å². The van der Waals surface area contributed by atoms with Crippen LogP contribution >= 0.6 is 0 Å². The molecule has 7 heteroatoms. The molecular weight excluding hydrogens is 494 g/mol. The van der Waals surface area contributed by atoms with Crippen molar-refractivity contribution in [2.75, 3.05) is 63.8 Å². The van der Waals surface area contributed by atoms with E-state index < -0.39 is 0 Å². The first-order valence-electron chi connectivity index (χ1n) is 14.7. The zero-order chi connectivity index (χ0) is 27.2. The molecule has 0 saturated carbocycles. The van der Waals surface area contributed by atoms with Gasteiger partial charge in [0.1, 0.15) is 5.69 Å². The molecule has 0 amide bonds. The average molecular weight is 536 g/mol. The summed E-state index contributed by atoms with van der Waals surface area (Å²) in [5.74, 6) is 0.836. The number of piperazine rings is 3. The summed E-state index contributed by atoms with van der Waals surface area (Å²) in [6.45, 7) is 14.9. The third-order valence-electron chi connectivity index (χ3n) is 8.70. The number of hydrogen-bond acceptors (Lipinski definition) is 4. The molecule has 1 aromatic heterocycles. The molecule has 0 unspecified atom stereocenters. The Morgan fingerprint density at radius 1 is 0.800 bits per heavy atom. The van der Waals surface area contributed by atoms with Gasteiger partial charge in [-0.25, -0.2) is 9.13 Å². The number of azo groups is 1. The van der Waals surface area contributed by atoms with E-state index in [2.05, 4.69) is 128 Å². The average Bonchev–Trinajstić information content (AvgIpc) is 3.39. The maximum Gasteiger partial charge on any atom is 0.422 e. The van der Waals surface area contributed by atoms with Crippen molar-refractivity contribution in [3.05, 3.63) is 108 Å². The van der Waals surface area contributed by atoms with Crippen LogP contribution in [0, 0.1) is 0 Å². The molecule has 3 fully saturated rings. The van der Waals surface area contributed by atoms with E-state index >= 15 is 0 Å². The van der Waals surface area contributed by atoms with Gasteiger partial charge in [0.15, 0.2) is 0 Å². The van der Waals surface area contributed by atoms with E-state index in [0.29, 0.717) is 0 Å². The first kappa shape index (κ1) is 26.4. The zero-order valence-electron chi connectivity index (χ0n) is 23.6. The molecule has 4 heterocycles. The summed E-state index contributed by atoms with van der Waals surface area (Å²) in [5.41, 5.74) is 4.61. The lowest BCUT2D eigenvalue weighted by Gasteiger charge is -2.51. The molecule has 206 valence electrons. The van der Waals surface area contributed by atoms with Crippen LogP contribution in [0.2, 0.25) is 0 Å². The molecule has 0 spiro atoms. The summed E-state index contributed by atoms with van der Waals surface area (Å²) in [6.07, 6.45) is 4.20. The van der Waals surface area contributed by atoms with E-state index in [1.165, 1.54) is 67.1 Å². The van der Waals surface area contributed by atoms with Gasteiger partial charge in [-0.2, -0.15) is 0 Å². The van der Waals surface area contributed by atoms with Gasteiger partial charge in [-0.1, -0.05) is 65.8 Å². The van der Waals surface area contributed by atoms with Gasteiger partial charge in [0, 0.05) is 37.0 Å². The van der Waals surface area contributed by atoms with Crippen molar-refractivity contribution in [3.8, 4) is 0 Å². The minimum Gasteiger partial charge on any atom is -0.366 e. The van der Waals surface area contributed by atoms with Crippen molar-refractivity contribution in [1.82, 2.24) is 9.47 Å². The third-order valence-corrected chi connectivity index (χ3v) is 8.70. The van der Waals surface area contributed by atoms with E-state index in [1.807, 2.05) is 0 Å². The van der Waals surface area contributed by atoms with Gasteiger partial charge in [0.2, 0.25) is 0 Å². The molecule has 3 saturated heterocycles. The summed E-state index contributed by atoms with van der Waals surface area (Å²) < 4.78 is 5.63. The Morgan fingerprint density at radius 2 is 1.45 bits per heavy atom. The molecule has 7 nitrogen and oxygen atoms in total. The van der Waals surface area contributed by atoms with Crippen molar-refractivity contribution in [2.45, 2.75) is 20.0 Å². The fraction of sp³-hybridized carbons (Fsp3) is 0.364. The lowest BCUT2D eigenvalue weighted by atomic mass is 10.1. The van der Waals surface area contributed by atoms with E-state index in [1.54, 1.807) is 0 Å². The van der Waals surface area contributed by atoms with Crippen LogP contribution < -0.4 is 9.47 Å². The Kier molecular flexibility index (Phi) is 8.02. The third kappa shape index (κ3) is 6.16. The fourth-order valence-corrected chi connectivity index (χ4v) is 6.08. The van der Waals surface area contributed by atoms with Gasteiger partial charge in [-0.3, -0.25) is 4.90 Å². The maximum absolute atomic E-state index is 4.78. The summed E-state index contributed by atoms with van der Waals surface area (Å²) >= 11 is 0. The Hall–Kier alpha value is -3.81. The Labute approximate surface area is 238 Å². The van der Waals surface area contributed by atoms with Crippen molar-refractivity contribution >= 4 is 17.3 Å². The molecular formula is C33H41N7+2. The molecule has 7 rings (SSSR count).